The molecule has 0 saturated carbocycles. The van der Waals surface area contributed by atoms with E-state index < -0.39 is 22.2 Å². The maximum Gasteiger partial charge on any atom is 0.338 e. The lowest BCUT2D eigenvalue weighted by atomic mass is 10.3. The molecule has 2 rings (SSSR count). The zero-order chi connectivity index (χ0) is 9.59. The summed E-state index contributed by atoms with van der Waals surface area (Å²) < 4.78 is 0. The Morgan fingerprint density at radius 3 is 1.54 bits per heavy atom. The molecule has 2 aliphatic heterocycles. The molecule has 0 atom stereocenters. The Kier molecular flexibility index (Phi) is 1.24. The standard InChI is InChI=1S/C6HN3O4/c10-3-1-2(4(11)9-3)8-6(13)5(12)7-1/h(H,9,10,11). The average molecular weight is 179 g/mol. The fraction of sp³-hybridized carbons (Fsp3) is 0. The summed E-state index contributed by atoms with van der Waals surface area (Å²) in [6.07, 6.45) is 0. The van der Waals surface area contributed by atoms with Crippen LogP contribution in [0.4, 0.5) is 0 Å². The minimum atomic E-state index is -1.14. The van der Waals surface area contributed by atoms with Gasteiger partial charge in [0.2, 0.25) is 0 Å². The van der Waals surface area contributed by atoms with Gasteiger partial charge < -0.3 is 0 Å². The Balaban J connectivity index is 3.17. The van der Waals surface area contributed by atoms with Gasteiger partial charge in [0.05, 0.1) is 0 Å². The number of aromatic amines is 1. The van der Waals surface area contributed by atoms with Crippen LogP contribution in [0.15, 0.2) is 19.2 Å². The summed E-state index contributed by atoms with van der Waals surface area (Å²) in [5.74, 6) is 0. The molecule has 1 N–H and O–H groups in total. The van der Waals surface area contributed by atoms with E-state index in [0.717, 1.165) is 0 Å². The van der Waals surface area contributed by atoms with E-state index in [0.29, 0.717) is 0 Å². The molecule has 0 aromatic rings. The maximum absolute atomic E-state index is 10.9. The number of hydrogen-bond donors (Lipinski definition) is 1. The fourth-order valence-corrected chi connectivity index (χ4v) is 0.943. The van der Waals surface area contributed by atoms with Crippen LogP contribution in [0.1, 0.15) is 0 Å². The first-order valence-corrected chi connectivity index (χ1v) is 3.21. The van der Waals surface area contributed by atoms with E-state index in [1.54, 1.807) is 0 Å². The second kappa shape index (κ2) is 2.16. The van der Waals surface area contributed by atoms with E-state index >= 15 is 0 Å². The van der Waals surface area contributed by atoms with E-state index in [1.807, 2.05) is 4.98 Å². The predicted molar refractivity (Wildman–Crippen MR) is 40.5 cm³/mol. The third-order valence-electron chi connectivity index (χ3n) is 1.49. The van der Waals surface area contributed by atoms with Crippen molar-refractivity contribution >= 4 is 0 Å². The number of hydrogen-bond acceptors (Lipinski definition) is 6. The second-order valence-electron chi connectivity index (χ2n) is 2.31. The van der Waals surface area contributed by atoms with E-state index in [-0.39, 0.29) is 11.4 Å². The van der Waals surface area contributed by atoms with Gasteiger partial charge >= 0.3 is 11.1 Å². The van der Waals surface area contributed by atoms with Gasteiger partial charge in [-0.1, -0.05) is 0 Å². The van der Waals surface area contributed by atoms with E-state index in [1.165, 1.54) is 0 Å². The topological polar surface area (TPSA) is 110 Å². The largest absolute Gasteiger partial charge is 0.338 e. The Labute approximate surface area is 68.8 Å². The highest BCUT2D eigenvalue weighted by atomic mass is 16.2. The molecule has 0 aliphatic carbocycles. The van der Waals surface area contributed by atoms with Crippen LogP contribution in [0.3, 0.4) is 0 Å². The fourth-order valence-electron chi connectivity index (χ4n) is 0.943. The van der Waals surface area contributed by atoms with Crippen molar-refractivity contribution in [1.82, 2.24) is 15.0 Å². The van der Waals surface area contributed by atoms with Gasteiger partial charge in [-0.25, -0.2) is 0 Å². The van der Waals surface area contributed by atoms with Crippen LogP contribution >= 0.6 is 0 Å². The Bertz CT molecular complexity index is 578. The highest BCUT2D eigenvalue weighted by molar-refractivity contribution is 5.52. The minimum absolute atomic E-state index is 0.380. The predicted octanol–water partition coefficient (Wildman–Crippen LogP) is -2.77. The van der Waals surface area contributed by atoms with Gasteiger partial charge in [0, 0.05) is 0 Å². The second-order valence-corrected chi connectivity index (χ2v) is 2.31. The van der Waals surface area contributed by atoms with Crippen LogP contribution in [0.2, 0.25) is 0 Å². The Hall–Kier alpha value is -2.18. The molecule has 7 nitrogen and oxygen atoms in total. The van der Waals surface area contributed by atoms with Crippen molar-refractivity contribution in [2.75, 3.05) is 0 Å². The van der Waals surface area contributed by atoms with Crippen molar-refractivity contribution in [2.45, 2.75) is 0 Å². The smallest absolute Gasteiger partial charge is 0.285 e. The monoisotopic (exact) mass is 179 g/mol. The van der Waals surface area contributed by atoms with Crippen LogP contribution < -0.4 is 22.2 Å². The number of rotatable bonds is 0. The van der Waals surface area contributed by atoms with Gasteiger partial charge in [-0.15, -0.1) is 0 Å². The van der Waals surface area contributed by atoms with E-state index in [2.05, 4.69) is 9.97 Å². The highest BCUT2D eigenvalue weighted by Crippen LogP contribution is 1.97. The SMILES string of the molecule is O=c1[nH]c(=O)c2nc(=O)c(=O)nc1-2. The third-order valence-corrected chi connectivity index (χ3v) is 1.49. The highest BCUT2D eigenvalue weighted by Gasteiger charge is 2.18. The van der Waals surface area contributed by atoms with Gasteiger partial charge in [-0.2, -0.15) is 9.97 Å². The van der Waals surface area contributed by atoms with Crippen molar-refractivity contribution in [1.29, 1.82) is 0 Å². The zero-order valence-electron chi connectivity index (χ0n) is 6.03. The first kappa shape index (κ1) is 7.47. The van der Waals surface area contributed by atoms with Crippen molar-refractivity contribution in [2.24, 2.45) is 0 Å². The van der Waals surface area contributed by atoms with Gasteiger partial charge in [-0.3, -0.25) is 24.2 Å². The molecule has 0 fully saturated rings. The first-order chi connectivity index (χ1) is 6.09. The summed E-state index contributed by atoms with van der Waals surface area (Å²) in [7, 11) is 0. The molecule has 0 aromatic carbocycles. The lowest BCUT2D eigenvalue weighted by Crippen LogP contribution is -2.32. The van der Waals surface area contributed by atoms with Gasteiger partial charge in [0.15, 0.2) is 11.4 Å². The molecule has 0 radical (unpaired) electrons. The van der Waals surface area contributed by atoms with Gasteiger partial charge in [-0.05, 0) is 0 Å². The minimum Gasteiger partial charge on any atom is -0.285 e. The third kappa shape index (κ3) is 0.901. The van der Waals surface area contributed by atoms with E-state index in [9.17, 15) is 19.2 Å². The summed E-state index contributed by atoms with van der Waals surface area (Å²) in [4.78, 5) is 51.1. The van der Waals surface area contributed by atoms with Crippen LogP contribution in [0.25, 0.3) is 11.4 Å². The summed E-state index contributed by atoms with van der Waals surface area (Å²) in [6, 6.07) is 0. The Morgan fingerprint density at radius 2 is 1.15 bits per heavy atom. The van der Waals surface area contributed by atoms with Gasteiger partial charge in [0.1, 0.15) is 0 Å². The van der Waals surface area contributed by atoms with Crippen LogP contribution in [0.5, 0.6) is 0 Å². The van der Waals surface area contributed by atoms with Crippen molar-refractivity contribution in [3.05, 3.63) is 41.4 Å². The van der Waals surface area contributed by atoms with E-state index in [4.69, 9.17) is 0 Å². The molecular weight excluding hydrogens is 178 g/mol. The number of nitrogens with one attached hydrogen (secondary N) is 1. The van der Waals surface area contributed by atoms with Crippen molar-refractivity contribution in [3.63, 3.8) is 0 Å². The zero-order valence-corrected chi connectivity index (χ0v) is 6.03. The summed E-state index contributed by atoms with van der Waals surface area (Å²) in [5, 5.41) is 0. The van der Waals surface area contributed by atoms with Gasteiger partial charge in [0.25, 0.3) is 11.1 Å². The first-order valence-electron chi connectivity index (χ1n) is 3.21. The van der Waals surface area contributed by atoms with Crippen LogP contribution in [-0.2, 0) is 0 Å². The quantitative estimate of drug-likeness (QED) is 0.438. The Morgan fingerprint density at radius 1 is 0.769 bits per heavy atom. The molecule has 0 bridgehead atoms. The molecule has 0 amide bonds. The summed E-state index contributed by atoms with van der Waals surface area (Å²) >= 11 is 0. The number of H-pyrrole nitrogens is 1. The molecule has 0 saturated heterocycles. The molecule has 2 heterocycles. The molecule has 64 valence electrons. The number of aromatic nitrogens is 3. The van der Waals surface area contributed by atoms with Crippen molar-refractivity contribution < 1.29 is 0 Å². The van der Waals surface area contributed by atoms with Crippen molar-refractivity contribution in [3.8, 4) is 11.4 Å². The maximum atomic E-state index is 10.9. The molecule has 0 spiro atoms. The molecule has 7 heteroatoms. The molecule has 0 aromatic heterocycles. The van der Waals surface area contributed by atoms with Crippen LogP contribution in [0, 0.1) is 0 Å². The lowest BCUT2D eigenvalue weighted by Gasteiger charge is -1.85. The number of nitrogens with zero attached hydrogens (tertiary/aromatic N) is 2. The molecule has 0 unspecified atom stereocenters. The lowest BCUT2D eigenvalue weighted by molar-refractivity contribution is 1.08. The normalized spacial score (nSPS) is 10.8. The molecule has 2 aliphatic rings. The molecule has 13 heavy (non-hydrogen) atoms. The van der Waals surface area contributed by atoms with Crippen LogP contribution in [-0.4, -0.2) is 15.0 Å². The average Bonchev–Trinajstić information content (AvgIpc) is 2.31. The summed E-state index contributed by atoms with van der Waals surface area (Å²) in [5.41, 5.74) is -4.63. The molecular formula is C6HN3O4. The number of fused-ring (bicyclic) bond motifs is 1. The summed E-state index contributed by atoms with van der Waals surface area (Å²) in [6.45, 7) is 0.